The van der Waals surface area contributed by atoms with E-state index in [1.165, 1.54) is 0 Å². The third-order valence-corrected chi connectivity index (χ3v) is 4.23. The van der Waals surface area contributed by atoms with E-state index >= 15 is 0 Å². The lowest BCUT2D eigenvalue weighted by atomic mass is 9.96. The Balaban J connectivity index is 1.40. The SMILES string of the molecule is O=C(O)C1CCC2OC2(CC2CCC3OC3O2)O1. The fraction of sp³-hybridized carbons (Fsp3) is 0.917. The number of rotatable bonds is 3. The highest BCUT2D eigenvalue weighted by atomic mass is 16.8. The fourth-order valence-corrected chi connectivity index (χ4v) is 3.12. The van der Waals surface area contributed by atoms with Gasteiger partial charge in [0.05, 0.1) is 6.10 Å². The van der Waals surface area contributed by atoms with Gasteiger partial charge in [-0.1, -0.05) is 0 Å². The van der Waals surface area contributed by atoms with Crippen LogP contribution in [0.3, 0.4) is 0 Å². The van der Waals surface area contributed by atoms with Gasteiger partial charge in [0.25, 0.3) is 0 Å². The first kappa shape index (κ1) is 11.2. The lowest BCUT2D eigenvalue weighted by Crippen LogP contribution is -2.40. The Morgan fingerprint density at radius 3 is 2.83 bits per heavy atom. The van der Waals surface area contributed by atoms with E-state index in [0.717, 1.165) is 19.3 Å². The van der Waals surface area contributed by atoms with Gasteiger partial charge in [-0.15, -0.1) is 0 Å². The molecule has 6 atom stereocenters. The molecular weight excluding hydrogens is 240 g/mol. The summed E-state index contributed by atoms with van der Waals surface area (Å²) < 4.78 is 22.2. The van der Waals surface area contributed by atoms with Crippen LogP contribution in [0, 0.1) is 0 Å². The van der Waals surface area contributed by atoms with Crippen molar-refractivity contribution in [3.63, 3.8) is 0 Å². The largest absolute Gasteiger partial charge is 0.479 e. The molecule has 0 spiro atoms. The van der Waals surface area contributed by atoms with Gasteiger partial charge in [-0.3, -0.25) is 0 Å². The van der Waals surface area contributed by atoms with Gasteiger partial charge in [0.2, 0.25) is 0 Å². The number of carboxylic acid groups (broad SMARTS) is 1. The Labute approximate surface area is 104 Å². The standard InChI is InChI=1S/C12H16O6/c13-10(14)7-3-4-9-12(17-7,18-9)5-6-1-2-8-11(15-6)16-8/h6-9,11H,1-5H2,(H,13,14). The number of epoxide rings is 2. The molecule has 4 saturated heterocycles. The predicted molar refractivity (Wildman–Crippen MR) is 56.7 cm³/mol. The van der Waals surface area contributed by atoms with Crippen molar-refractivity contribution < 1.29 is 28.8 Å². The van der Waals surface area contributed by atoms with Crippen molar-refractivity contribution >= 4 is 5.97 Å². The maximum Gasteiger partial charge on any atom is 0.332 e. The normalized spacial score (nSPS) is 53.2. The number of ether oxygens (including phenoxy) is 4. The molecule has 4 heterocycles. The maximum absolute atomic E-state index is 11.0. The Morgan fingerprint density at radius 2 is 2.06 bits per heavy atom. The zero-order valence-electron chi connectivity index (χ0n) is 9.91. The van der Waals surface area contributed by atoms with Crippen LogP contribution in [0.25, 0.3) is 0 Å². The van der Waals surface area contributed by atoms with Gasteiger partial charge >= 0.3 is 5.97 Å². The Hall–Kier alpha value is -0.690. The molecule has 0 radical (unpaired) electrons. The van der Waals surface area contributed by atoms with Crippen molar-refractivity contribution in [1.82, 2.24) is 0 Å². The second-order valence-corrected chi connectivity index (χ2v) is 5.52. The molecule has 4 rings (SSSR count). The highest BCUT2D eigenvalue weighted by molar-refractivity contribution is 5.72. The second-order valence-electron chi connectivity index (χ2n) is 5.52. The molecule has 0 aromatic carbocycles. The van der Waals surface area contributed by atoms with Crippen molar-refractivity contribution in [2.75, 3.05) is 0 Å². The van der Waals surface area contributed by atoms with Crippen molar-refractivity contribution in [3.05, 3.63) is 0 Å². The number of carboxylic acids is 1. The molecule has 0 aliphatic carbocycles. The molecule has 0 bridgehead atoms. The summed E-state index contributed by atoms with van der Waals surface area (Å²) in [5.41, 5.74) is 0. The fourth-order valence-electron chi connectivity index (χ4n) is 3.12. The molecule has 0 amide bonds. The van der Waals surface area contributed by atoms with E-state index < -0.39 is 17.9 Å². The van der Waals surface area contributed by atoms with Gasteiger partial charge < -0.3 is 24.1 Å². The molecular formula is C12H16O6. The van der Waals surface area contributed by atoms with Crippen LogP contribution < -0.4 is 0 Å². The van der Waals surface area contributed by atoms with E-state index in [1.807, 2.05) is 0 Å². The molecule has 6 heteroatoms. The Kier molecular flexibility index (Phi) is 2.27. The molecule has 6 nitrogen and oxygen atoms in total. The van der Waals surface area contributed by atoms with Gasteiger partial charge in [0, 0.05) is 6.42 Å². The first-order valence-electron chi connectivity index (χ1n) is 6.56. The summed E-state index contributed by atoms with van der Waals surface area (Å²) in [5.74, 6) is -1.60. The molecule has 1 N–H and O–H groups in total. The number of carbonyl (C=O) groups is 1. The molecule has 100 valence electrons. The van der Waals surface area contributed by atoms with E-state index in [2.05, 4.69) is 0 Å². The minimum absolute atomic E-state index is 0.0452. The van der Waals surface area contributed by atoms with Crippen molar-refractivity contribution in [2.45, 2.75) is 68.6 Å². The molecule has 4 aliphatic rings. The van der Waals surface area contributed by atoms with Crippen LogP contribution in [-0.4, -0.2) is 47.6 Å². The zero-order valence-corrected chi connectivity index (χ0v) is 9.91. The lowest BCUT2D eigenvalue weighted by Gasteiger charge is -2.28. The van der Waals surface area contributed by atoms with Crippen LogP contribution in [0.5, 0.6) is 0 Å². The third kappa shape index (κ3) is 1.75. The summed E-state index contributed by atoms with van der Waals surface area (Å²) in [7, 11) is 0. The number of fused-ring (bicyclic) bond motifs is 2. The van der Waals surface area contributed by atoms with E-state index in [9.17, 15) is 4.79 Å². The molecule has 6 unspecified atom stereocenters. The molecule has 0 aromatic rings. The number of hydrogen-bond donors (Lipinski definition) is 1. The monoisotopic (exact) mass is 256 g/mol. The van der Waals surface area contributed by atoms with Crippen LogP contribution in [0.15, 0.2) is 0 Å². The van der Waals surface area contributed by atoms with E-state index in [0.29, 0.717) is 12.8 Å². The Morgan fingerprint density at radius 1 is 1.17 bits per heavy atom. The minimum atomic E-state index is -0.904. The summed E-state index contributed by atoms with van der Waals surface area (Å²) in [6, 6.07) is 0. The lowest BCUT2D eigenvalue weighted by molar-refractivity contribution is -0.174. The first-order valence-corrected chi connectivity index (χ1v) is 6.56. The van der Waals surface area contributed by atoms with Gasteiger partial charge in [0.1, 0.15) is 12.2 Å². The summed E-state index contributed by atoms with van der Waals surface area (Å²) in [5, 5.41) is 9.01. The van der Waals surface area contributed by atoms with Crippen molar-refractivity contribution in [3.8, 4) is 0 Å². The van der Waals surface area contributed by atoms with Gasteiger partial charge in [0.15, 0.2) is 18.2 Å². The smallest absolute Gasteiger partial charge is 0.332 e. The average Bonchev–Trinajstić information content (AvgIpc) is 3.20. The third-order valence-electron chi connectivity index (χ3n) is 4.23. The summed E-state index contributed by atoms with van der Waals surface area (Å²) >= 11 is 0. The predicted octanol–water partition coefficient (Wildman–Crippen LogP) is 0.639. The summed E-state index contributed by atoms with van der Waals surface area (Å²) in [6.45, 7) is 0. The highest BCUT2D eigenvalue weighted by Crippen LogP contribution is 2.51. The number of hydrogen-bond acceptors (Lipinski definition) is 5. The molecule has 4 fully saturated rings. The van der Waals surface area contributed by atoms with E-state index in [-0.39, 0.29) is 24.6 Å². The van der Waals surface area contributed by atoms with Crippen LogP contribution in [0.2, 0.25) is 0 Å². The van der Waals surface area contributed by atoms with E-state index in [1.54, 1.807) is 0 Å². The van der Waals surface area contributed by atoms with Crippen molar-refractivity contribution in [2.24, 2.45) is 0 Å². The average molecular weight is 256 g/mol. The highest BCUT2D eigenvalue weighted by Gasteiger charge is 2.63. The maximum atomic E-state index is 11.0. The topological polar surface area (TPSA) is 80.8 Å². The molecule has 0 aromatic heterocycles. The van der Waals surface area contributed by atoms with Crippen LogP contribution in [0.4, 0.5) is 0 Å². The quantitative estimate of drug-likeness (QED) is 0.746. The molecule has 18 heavy (non-hydrogen) atoms. The summed E-state index contributed by atoms with van der Waals surface area (Å²) in [4.78, 5) is 11.0. The van der Waals surface area contributed by atoms with Crippen molar-refractivity contribution in [1.29, 1.82) is 0 Å². The van der Waals surface area contributed by atoms with Crippen LogP contribution in [0.1, 0.15) is 32.1 Å². The Bertz CT molecular complexity index is 385. The molecule has 4 aliphatic heterocycles. The van der Waals surface area contributed by atoms with Crippen LogP contribution in [-0.2, 0) is 23.7 Å². The van der Waals surface area contributed by atoms with Gasteiger partial charge in [-0.2, -0.15) is 0 Å². The first-order chi connectivity index (χ1) is 8.66. The number of aliphatic carboxylic acids is 1. The molecule has 0 saturated carbocycles. The van der Waals surface area contributed by atoms with E-state index in [4.69, 9.17) is 24.1 Å². The zero-order chi connectivity index (χ0) is 12.3. The second kappa shape index (κ2) is 3.66. The van der Waals surface area contributed by atoms with Gasteiger partial charge in [-0.05, 0) is 25.7 Å². The minimum Gasteiger partial charge on any atom is -0.479 e. The van der Waals surface area contributed by atoms with Gasteiger partial charge in [-0.25, -0.2) is 4.79 Å². The van der Waals surface area contributed by atoms with Crippen LogP contribution >= 0.6 is 0 Å². The summed E-state index contributed by atoms with van der Waals surface area (Å²) in [6.07, 6.45) is 3.46.